The number of nitrogens with zero attached hydrogens (tertiary/aromatic N) is 1. The van der Waals surface area contributed by atoms with Crippen LogP contribution in [0.25, 0.3) is 17.7 Å². The first-order chi connectivity index (χ1) is 14.0. The van der Waals surface area contributed by atoms with Crippen LogP contribution in [0, 0.1) is 17.1 Å². The molecule has 0 atom stereocenters. The fraction of sp³-hybridized carbons (Fsp3) is 0. The highest BCUT2D eigenvalue weighted by Gasteiger charge is 2.07. The lowest BCUT2D eigenvalue weighted by Gasteiger charge is -2.04. The van der Waals surface area contributed by atoms with Crippen LogP contribution >= 0.6 is 11.6 Å². The van der Waals surface area contributed by atoms with E-state index in [1.54, 1.807) is 78.9 Å². The van der Waals surface area contributed by atoms with Crippen molar-refractivity contribution >= 4 is 35.3 Å². The average molecular weight is 404 g/mol. The van der Waals surface area contributed by atoms with Gasteiger partial charge >= 0.3 is 5.97 Å². The first kappa shape index (κ1) is 20.1. The number of esters is 1. The van der Waals surface area contributed by atoms with Gasteiger partial charge in [-0.05, 0) is 53.6 Å². The van der Waals surface area contributed by atoms with Crippen LogP contribution in [0.15, 0.2) is 78.9 Å². The monoisotopic (exact) mass is 403 g/mol. The smallest absolute Gasteiger partial charge is 0.336 e. The summed E-state index contributed by atoms with van der Waals surface area (Å²) in [5.74, 6) is -0.622. The number of benzene rings is 3. The van der Waals surface area contributed by atoms with Gasteiger partial charge < -0.3 is 4.74 Å². The van der Waals surface area contributed by atoms with Gasteiger partial charge in [-0.3, -0.25) is 0 Å². The van der Waals surface area contributed by atoms with Crippen LogP contribution in [-0.4, -0.2) is 5.97 Å². The molecule has 3 rings (SSSR count). The summed E-state index contributed by atoms with van der Waals surface area (Å²) in [4.78, 5) is 12.0. The van der Waals surface area contributed by atoms with Crippen LogP contribution in [0.2, 0.25) is 5.02 Å². The SMILES string of the molecule is N#C/C(=C/c1ccc(OC(=O)/C=C/c2ccc(Cl)cc2)cc1)c1ccccc1F. The summed E-state index contributed by atoms with van der Waals surface area (Å²) in [5, 5.41) is 9.96. The van der Waals surface area contributed by atoms with E-state index in [9.17, 15) is 14.4 Å². The molecule has 0 radical (unpaired) electrons. The van der Waals surface area contributed by atoms with Crippen molar-refractivity contribution in [3.05, 3.63) is 106 Å². The third-order valence-corrected chi connectivity index (χ3v) is 4.23. The van der Waals surface area contributed by atoms with E-state index >= 15 is 0 Å². The van der Waals surface area contributed by atoms with E-state index in [0.29, 0.717) is 16.3 Å². The number of halogens is 2. The van der Waals surface area contributed by atoms with Crippen LogP contribution in [0.5, 0.6) is 5.75 Å². The van der Waals surface area contributed by atoms with Crippen LogP contribution in [0.4, 0.5) is 4.39 Å². The number of allylic oxidation sites excluding steroid dienone is 1. The fourth-order valence-corrected chi connectivity index (χ4v) is 2.66. The van der Waals surface area contributed by atoms with Crippen molar-refractivity contribution < 1.29 is 13.9 Å². The molecule has 3 aromatic rings. The first-order valence-electron chi connectivity index (χ1n) is 8.67. The Hall–Kier alpha value is -3.68. The van der Waals surface area contributed by atoms with Crippen LogP contribution in [0.3, 0.4) is 0 Å². The lowest BCUT2D eigenvalue weighted by Crippen LogP contribution is -2.03. The molecule has 0 saturated heterocycles. The van der Waals surface area contributed by atoms with Gasteiger partial charge in [0.25, 0.3) is 0 Å². The van der Waals surface area contributed by atoms with Crippen LogP contribution < -0.4 is 4.74 Å². The van der Waals surface area contributed by atoms with Gasteiger partial charge in [0.1, 0.15) is 11.6 Å². The summed E-state index contributed by atoms with van der Waals surface area (Å²) in [5.41, 5.74) is 1.95. The van der Waals surface area contributed by atoms with Gasteiger partial charge in [0.15, 0.2) is 0 Å². The summed E-state index contributed by atoms with van der Waals surface area (Å²) in [7, 11) is 0. The van der Waals surface area contributed by atoms with Gasteiger partial charge in [0, 0.05) is 16.7 Å². The second kappa shape index (κ2) is 9.50. The molecule has 0 bridgehead atoms. The van der Waals surface area contributed by atoms with Gasteiger partial charge in [0.2, 0.25) is 0 Å². The Balaban J connectivity index is 1.68. The molecule has 0 heterocycles. The Morgan fingerprint density at radius 2 is 1.62 bits per heavy atom. The van der Waals surface area contributed by atoms with Gasteiger partial charge in [-0.2, -0.15) is 5.26 Å². The zero-order valence-electron chi connectivity index (χ0n) is 15.2. The molecule has 3 aromatic carbocycles. The number of hydrogen-bond donors (Lipinski definition) is 0. The summed E-state index contributed by atoms with van der Waals surface area (Å²) in [6.45, 7) is 0. The lowest BCUT2D eigenvalue weighted by atomic mass is 10.0. The maximum atomic E-state index is 13.9. The minimum Gasteiger partial charge on any atom is -0.423 e. The van der Waals surface area contributed by atoms with E-state index in [1.165, 1.54) is 12.1 Å². The molecule has 29 heavy (non-hydrogen) atoms. The van der Waals surface area contributed by atoms with E-state index in [4.69, 9.17) is 16.3 Å². The minimum atomic E-state index is -0.521. The number of ether oxygens (including phenoxy) is 1. The van der Waals surface area contributed by atoms with Crippen molar-refractivity contribution in [2.24, 2.45) is 0 Å². The first-order valence-corrected chi connectivity index (χ1v) is 9.05. The highest BCUT2D eigenvalue weighted by Crippen LogP contribution is 2.22. The van der Waals surface area contributed by atoms with Crippen molar-refractivity contribution in [3.8, 4) is 11.8 Å². The minimum absolute atomic E-state index is 0.207. The molecule has 0 fully saturated rings. The second-order valence-electron chi connectivity index (χ2n) is 6.02. The van der Waals surface area contributed by atoms with E-state index in [-0.39, 0.29) is 11.1 Å². The molecule has 142 valence electrons. The second-order valence-corrected chi connectivity index (χ2v) is 6.46. The molecule has 0 N–H and O–H groups in total. The Morgan fingerprint density at radius 3 is 2.28 bits per heavy atom. The Kier molecular flexibility index (Phi) is 6.57. The fourth-order valence-electron chi connectivity index (χ4n) is 2.54. The molecular formula is C24H15ClFNO2. The molecule has 0 amide bonds. The highest BCUT2D eigenvalue weighted by atomic mass is 35.5. The summed E-state index contributed by atoms with van der Waals surface area (Å²) < 4.78 is 19.1. The molecule has 0 aromatic heterocycles. The summed E-state index contributed by atoms with van der Waals surface area (Å²) >= 11 is 5.82. The standard InChI is InChI=1S/C24H15ClFNO2/c25-20-10-5-17(6-11-20)9-14-24(28)29-21-12-7-18(8-13-21)15-19(16-27)22-3-1-2-4-23(22)26/h1-15H/b14-9+,19-15-. The zero-order chi connectivity index (χ0) is 20.6. The average Bonchev–Trinajstić information content (AvgIpc) is 2.73. The van der Waals surface area contributed by atoms with E-state index < -0.39 is 11.8 Å². The molecule has 3 nitrogen and oxygen atoms in total. The van der Waals surface area contributed by atoms with Gasteiger partial charge in [0.05, 0.1) is 11.6 Å². The zero-order valence-corrected chi connectivity index (χ0v) is 15.9. The molecule has 0 aliphatic rings. The van der Waals surface area contributed by atoms with E-state index in [2.05, 4.69) is 0 Å². The van der Waals surface area contributed by atoms with E-state index in [0.717, 1.165) is 5.56 Å². The van der Waals surface area contributed by atoms with Gasteiger partial charge in [-0.15, -0.1) is 0 Å². The molecule has 0 aliphatic heterocycles. The third-order valence-electron chi connectivity index (χ3n) is 3.98. The molecule has 0 unspecified atom stereocenters. The normalized spacial score (nSPS) is 11.3. The molecule has 0 saturated carbocycles. The Bertz CT molecular complexity index is 1110. The van der Waals surface area contributed by atoms with Crippen molar-refractivity contribution in [2.75, 3.05) is 0 Å². The largest absolute Gasteiger partial charge is 0.423 e. The maximum Gasteiger partial charge on any atom is 0.336 e. The number of carbonyl (C=O) groups excluding carboxylic acids is 1. The van der Waals surface area contributed by atoms with Gasteiger partial charge in [-0.1, -0.05) is 54.1 Å². The molecule has 0 aliphatic carbocycles. The van der Waals surface area contributed by atoms with E-state index in [1.807, 2.05) is 6.07 Å². The lowest BCUT2D eigenvalue weighted by molar-refractivity contribution is -0.128. The van der Waals surface area contributed by atoms with Crippen molar-refractivity contribution in [2.45, 2.75) is 0 Å². The number of hydrogen-bond acceptors (Lipinski definition) is 3. The molecular weight excluding hydrogens is 389 g/mol. The number of rotatable bonds is 5. The highest BCUT2D eigenvalue weighted by molar-refractivity contribution is 6.30. The van der Waals surface area contributed by atoms with Gasteiger partial charge in [-0.25, -0.2) is 9.18 Å². The Morgan fingerprint density at radius 1 is 0.966 bits per heavy atom. The quantitative estimate of drug-likeness (QED) is 0.168. The maximum absolute atomic E-state index is 13.9. The van der Waals surface area contributed by atoms with Crippen molar-refractivity contribution in [3.63, 3.8) is 0 Å². The predicted octanol–water partition coefficient (Wildman–Crippen LogP) is 6.16. The van der Waals surface area contributed by atoms with Crippen molar-refractivity contribution in [1.82, 2.24) is 0 Å². The third kappa shape index (κ3) is 5.65. The molecule has 5 heteroatoms. The Labute approximate surface area is 172 Å². The number of nitriles is 1. The molecule has 0 spiro atoms. The topological polar surface area (TPSA) is 50.1 Å². The summed E-state index contributed by atoms with van der Waals surface area (Å²) in [6.07, 6.45) is 4.52. The van der Waals surface area contributed by atoms with Crippen LogP contribution in [0.1, 0.15) is 16.7 Å². The summed E-state index contributed by atoms with van der Waals surface area (Å²) in [6, 6.07) is 21.7. The van der Waals surface area contributed by atoms with Crippen LogP contribution in [-0.2, 0) is 4.79 Å². The number of carbonyl (C=O) groups is 1. The predicted molar refractivity (Wildman–Crippen MR) is 112 cm³/mol. The van der Waals surface area contributed by atoms with Crippen molar-refractivity contribution in [1.29, 1.82) is 5.26 Å².